The summed E-state index contributed by atoms with van der Waals surface area (Å²) in [7, 11) is 0. The molecule has 2 amide bonds. The first kappa shape index (κ1) is 12.0. The molecule has 86 valence electrons. The molecule has 1 rings (SSSR count). The zero-order valence-electron chi connectivity index (χ0n) is 9.08. The largest absolute Gasteiger partial charge is 0.347 e. The molecule has 1 saturated carbocycles. The van der Waals surface area contributed by atoms with Crippen LogP contribution in [0.3, 0.4) is 0 Å². The lowest BCUT2D eigenvalue weighted by Crippen LogP contribution is -2.42. The Morgan fingerprint density at radius 3 is 2.73 bits per heavy atom. The van der Waals surface area contributed by atoms with Gasteiger partial charge < -0.3 is 16.4 Å². The number of amides is 2. The summed E-state index contributed by atoms with van der Waals surface area (Å²) < 4.78 is 0. The second-order valence-electron chi connectivity index (χ2n) is 3.91. The molecular formula is C10H19N3O2. The van der Waals surface area contributed by atoms with Gasteiger partial charge in [0.25, 0.3) is 0 Å². The molecule has 0 spiro atoms. The fourth-order valence-corrected chi connectivity index (χ4v) is 1.61. The molecule has 0 aliphatic heterocycles. The third-order valence-corrected chi connectivity index (χ3v) is 2.53. The van der Waals surface area contributed by atoms with Gasteiger partial charge in [-0.25, -0.2) is 0 Å². The van der Waals surface area contributed by atoms with E-state index in [1.807, 2.05) is 0 Å². The van der Waals surface area contributed by atoms with Gasteiger partial charge in [0.1, 0.15) is 0 Å². The van der Waals surface area contributed by atoms with Crippen LogP contribution in [0.15, 0.2) is 0 Å². The molecule has 0 aromatic rings. The molecule has 15 heavy (non-hydrogen) atoms. The Morgan fingerprint density at radius 2 is 2.13 bits per heavy atom. The van der Waals surface area contributed by atoms with Crippen LogP contribution in [0.4, 0.5) is 0 Å². The van der Waals surface area contributed by atoms with Crippen molar-refractivity contribution in [3.8, 4) is 0 Å². The Hall–Kier alpha value is -1.10. The maximum Gasteiger partial charge on any atom is 0.309 e. The predicted octanol–water partition coefficient (Wildman–Crippen LogP) is -0.634. The Kier molecular flexibility index (Phi) is 4.55. The van der Waals surface area contributed by atoms with E-state index in [0.717, 1.165) is 19.3 Å². The highest BCUT2D eigenvalue weighted by molar-refractivity contribution is 6.35. The van der Waals surface area contributed by atoms with Crippen molar-refractivity contribution in [2.75, 3.05) is 13.1 Å². The van der Waals surface area contributed by atoms with Crippen molar-refractivity contribution in [1.82, 2.24) is 10.6 Å². The second-order valence-corrected chi connectivity index (χ2v) is 3.91. The monoisotopic (exact) mass is 213 g/mol. The zero-order valence-corrected chi connectivity index (χ0v) is 9.08. The minimum absolute atomic E-state index is 0.209. The summed E-state index contributed by atoms with van der Waals surface area (Å²) in [6.45, 7) is 2.81. The molecule has 1 fully saturated rings. The molecule has 1 aliphatic carbocycles. The molecular weight excluding hydrogens is 194 g/mol. The molecule has 0 radical (unpaired) electrons. The first-order chi connectivity index (χ1) is 7.19. The number of rotatable bonds is 5. The van der Waals surface area contributed by atoms with E-state index in [1.54, 1.807) is 0 Å². The van der Waals surface area contributed by atoms with Crippen molar-refractivity contribution in [3.63, 3.8) is 0 Å². The molecule has 0 saturated heterocycles. The minimum atomic E-state index is -0.581. The zero-order chi connectivity index (χ0) is 11.3. The standard InChI is InChI=1S/C10H19N3O2/c1-2-3-7-6-8(7)13-10(15)9(14)12-5-4-11/h7-8H,2-6,11H2,1H3,(H,12,14)(H,13,15). The molecule has 2 atom stereocenters. The number of carbonyl (C=O) groups is 2. The number of nitrogens with one attached hydrogen (secondary N) is 2. The van der Waals surface area contributed by atoms with E-state index in [-0.39, 0.29) is 6.04 Å². The Balaban J connectivity index is 2.16. The highest BCUT2D eigenvalue weighted by atomic mass is 16.2. The molecule has 0 aromatic carbocycles. The third kappa shape index (κ3) is 3.87. The minimum Gasteiger partial charge on any atom is -0.347 e. The van der Waals surface area contributed by atoms with Crippen LogP contribution in [0.5, 0.6) is 0 Å². The normalized spacial score (nSPS) is 23.3. The maximum atomic E-state index is 11.3. The first-order valence-electron chi connectivity index (χ1n) is 5.47. The van der Waals surface area contributed by atoms with Crippen LogP contribution < -0.4 is 16.4 Å². The topological polar surface area (TPSA) is 84.2 Å². The van der Waals surface area contributed by atoms with Crippen LogP contribution in [0.2, 0.25) is 0 Å². The van der Waals surface area contributed by atoms with Crippen molar-refractivity contribution in [2.24, 2.45) is 11.7 Å². The highest BCUT2D eigenvalue weighted by Gasteiger charge is 2.38. The van der Waals surface area contributed by atoms with Gasteiger partial charge >= 0.3 is 11.8 Å². The van der Waals surface area contributed by atoms with Crippen molar-refractivity contribution < 1.29 is 9.59 Å². The summed E-state index contributed by atoms with van der Waals surface area (Å²) in [5.74, 6) is -0.545. The summed E-state index contributed by atoms with van der Waals surface area (Å²) in [6.07, 6.45) is 3.25. The van der Waals surface area contributed by atoms with Gasteiger partial charge in [0.15, 0.2) is 0 Å². The van der Waals surface area contributed by atoms with Crippen LogP contribution in [-0.2, 0) is 9.59 Å². The van der Waals surface area contributed by atoms with Gasteiger partial charge in [-0.05, 0) is 18.8 Å². The average Bonchev–Trinajstić information content (AvgIpc) is 2.93. The summed E-state index contributed by atoms with van der Waals surface area (Å²) in [5, 5.41) is 5.14. The lowest BCUT2D eigenvalue weighted by atomic mass is 10.2. The molecule has 0 aromatic heterocycles. The molecule has 4 N–H and O–H groups in total. The summed E-state index contributed by atoms with van der Waals surface area (Å²) in [4.78, 5) is 22.4. The number of nitrogens with two attached hydrogens (primary N) is 1. The second kappa shape index (κ2) is 5.70. The number of hydrogen-bond acceptors (Lipinski definition) is 3. The first-order valence-corrected chi connectivity index (χ1v) is 5.47. The van der Waals surface area contributed by atoms with E-state index in [0.29, 0.717) is 19.0 Å². The van der Waals surface area contributed by atoms with E-state index < -0.39 is 11.8 Å². The SMILES string of the molecule is CCCC1CC1NC(=O)C(=O)NCCN. The van der Waals surface area contributed by atoms with Gasteiger partial charge in [0, 0.05) is 19.1 Å². The summed E-state index contributed by atoms with van der Waals surface area (Å²) in [6, 6.07) is 0.209. The van der Waals surface area contributed by atoms with Gasteiger partial charge in [-0.15, -0.1) is 0 Å². The molecule has 0 heterocycles. The summed E-state index contributed by atoms with van der Waals surface area (Å²) >= 11 is 0. The van der Waals surface area contributed by atoms with Crippen molar-refractivity contribution in [3.05, 3.63) is 0 Å². The van der Waals surface area contributed by atoms with Crippen LogP contribution in [0.1, 0.15) is 26.2 Å². The molecule has 5 nitrogen and oxygen atoms in total. The lowest BCUT2D eigenvalue weighted by Gasteiger charge is -2.04. The predicted molar refractivity (Wildman–Crippen MR) is 57.0 cm³/mol. The van der Waals surface area contributed by atoms with E-state index >= 15 is 0 Å². The molecule has 5 heteroatoms. The van der Waals surface area contributed by atoms with Crippen molar-refractivity contribution in [2.45, 2.75) is 32.2 Å². The van der Waals surface area contributed by atoms with Crippen molar-refractivity contribution in [1.29, 1.82) is 0 Å². The lowest BCUT2D eigenvalue weighted by molar-refractivity contribution is -0.139. The van der Waals surface area contributed by atoms with Crippen molar-refractivity contribution >= 4 is 11.8 Å². The van der Waals surface area contributed by atoms with Gasteiger partial charge in [0.2, 0.25) is 0 Å². The van der Waals surface area contributed by atoms with E-state index in [1.165, 1.54) is 0 Å². The van der Waals surface area contributed by atoms with Gasteiger partial charge in [-0.2, -0.15) is 0 Å². The Bertz CT molecular complexity index is 243. The Labute approximate surface area is 89.8 Å². The fourth-order valence-electron chi connectivity index (χ4n) is 1.61. The number of carbonyl (C=O) groups excluding carboxylic acids is 2. The maximum absolute atomic E-state index is 11.3. The van der Waals surface area contributed by atoms with Crippen LogP contribution in [0, 0.1) is 5.92 Å². The molecule has 1 aliphatic rings. The average molecular weight is 213 g/mol. The van der Waals surface area contributed by atoms with E-state index in [9.17, 15) is 9.59 Å². The highest BCUT2D eigenvalue weighted by Crippen LogP contribution is 2.34. The van der Waals surface area contributed by atoms with Crippen LogP contribution in [-0.4, -0.2) is 30.9 Å². The van der Waals surface area contributed by atoms with Gasteiger partial charge in [-0.1, -0.05) is 13.3 Å². The molecule has 0 bridgehead atoms. The van der Waals surface area contributed by atoms with E-state index in [2.05, 4.69) is 17.6 Å². The van der Waals surface area contributed by atoms with E-state index in [4.69, 9.17) is 5.73 Å². The van der Waals surface area contributed by atoms with Crippen LogP contribution >= 0.6 is 0 Å². The van der Waals surface area contributed by atoms with Crippen LogP contribution in [0.25, 0.3) is 0 Å². The quantitative estimate of drug-likeness (QED) is 0.531. The summed E-state index contributed by atoms with van der Waals surface area (Å²) in [5.41, 5.74) is 5.21. The smallest absolute Gasteiger partial charge is 0.309 e. The van der Waals surface area contributed by atoms with Gasteiger partial charge in [-0.3, -0.25) is 9.59 Å². The third-order valence-electron chi connectivity index (χ3n) is 2.53. The van der Waals surface area contributed by atoms with Gasteiger partial charge in [0.05, 0.1) is 0 Å². The Morgan fingerprint density at radius 1 is 1.40 bits per heavy atom. The fraction of sp³-hybridized carbons (Fsp3) is 0.800. The molecule has 2 unspecified atom stereocenters. The number of hydrogen-bond donors (Lipinski definition) is 3.